The number of halogens is 2. The summed E-state index contributed by atoms with van der Waals surface area (Å²) in [5.74, 6) is -0.743. The number of amides is 1. The van der Waals surface area contributed by atoms with E-state index in [0.29, 0.717) is 18.7 Å². The Bertz CT molecular complexity index is 940. The largest absolute Gasteiger partial charge is 0.496 e. The van der Waals surface area contributed by atoms with Crippen LogP contribution < -0.4 is 10.1 Å². The summed E-state index contributed by atoms with van der Waals surface area (Å²) in [5, 5.41) is 6.57. The van der Waals surface area contributed by atoms with E-state index in [9.17, 15) is 13.6 Å². The molecule has 0 fully saturated rings. The van der Waals surface area contributed by atoms with Crippen LogP contribution in [0.3, 0.4) is 0 Å². The van der Waals surface area contributed by atoms with Crippen LogP contribution >= 0.6 is 0 Å². The SMILES string of the molecule is COc1ccccc1CCNC(=O)Cc1cc(-c2ccc(F)cc2F)on1. The van der Waals surface area contributed by atoms with Crippen LogP contribution in [0, 0.1) is 11.6 Å². The lowest BCUT2D eigenvalue weighted by molar-refractivity contribution is -0.120. The second kappa shape index (κ2) is 8.44. The van der Waals surface area contributed by atoms with E-state index in [2.05, 4.69) is 10.5 Å². The summed E-state index contributed by atoms with van der Waals surface area (Å²) in [6.07, 6.45) is 0.624. The van der Waals surface area contributed by atoms with Crippen molar-refractivity contribution in [2.75, 3.05) is 13.7 Å². The van der Waals surface area contributed by atoms with E-state index >= 15 is 0 Å². The highest BCUT2D eigenvalue weighted by Crippen LogP contribution is 2.24. The lowest BCUT2D eigenvalue weighted by Gasteiger charge is -2.08. The van der Waals surface area contributed by atoms with Gasteiger partial charge in [-0.1, -0.05) is 23.4 Å². The first-order valence-electron chi connectivity index (χ1n) is 8.36. The number of methoxy groups -OCH3 is 1. The maximum absolute atomic E-state index is 13.8. The minimum absolute atomic E-state index is 0.00175. The smallest absolute Gasteiger partial charge is 0.226 e. The van der Waals surface area contributed by atoms with E-state index in [1.54, 1.807) is 7.11 Å². The highest BCUT2D eigenvalue weighted by molar-refractivity contribution is 5.78. The van der Waals surface area contributed by atoms with E-state index in [0.717, 1.165) is 23.4 Å². The molecule has 0 aliphatic carbocycles. The van der Waals surface area contributed by atoms with Gasteiger partial charge in [0.05, 0.1) is 24.8 Å². The third-order valence-corrected chi connectivity index (χ3v) is 4.01. The predicted molar refractivity (Wildman–Crippen MR) is 95.3 cm³/mol. The van der Waals surface area contributed by atoms with Crippen LogP contribution in [-0.2, 0) is 17.6 Å². The van der Waals surface area contributed by atoms with E-state index in [1.807, 2.05) is 24.3 Å². The van der Waals surface area contributed by atoms with Crippen molar-refractivity contribution in [3.8, 4) is 17.1 Å². The molecule has 0 radical (unpaired) electrons. The summed E-state index contributed by atoms with van der Waals surface area (Å²) in [6, 6.07) is 12.2. The minimum Gasteiger partial charge on any atom is -0.496 e. The van der Waals surface area contributed by atoms with Crippen molar-refractivity contribution >= 4 is 5.91 Å². The molecule has 27 heavy (non-hydrogen) atoms. The summed E-state index contributed by atoms with van der Waals surface area (Å²) in [5.41, 5.74) is 1.45. The topological polar surface area (TPSA) is 64.4 Å². The third-order valence-electron chi connectivity index (χ3n) is 4.01. The number of hydrogen-bond donors (Lipinski definition) is 1. The van der Waals surface area contributed by atoms with Crippen LogP contribution in [0.2, 0.25) is 0 Å². The zero-order valence-corrected chi connectivity index (χ0v) is 14.7. The van der Waals surface area contributed by atoms with Crippen molar-refractivity contribution in [1.29, 1.82) is 0 Å². The molecule has 0 unspecified atom stereocenters. The molecule has 0 bridgehead atoms. The maximum atomic E-state index is 13.8. The first-order chi connectivity index (χ1) is 13.1. The fourth-order valence-corrected chi connectivity index (χ4v) is 2.68. The number of carbonyl (C=O) groups excluding carboxylic acids is 1. The van der Waals surface area contributed by atoms with Crippen molar-refractivity contribution in [3.63, 3.8) is 0 Å². The quantitative estimate of drug-likeness (QED) is 0.689. The van der Waals surface area contributed by atoms with E-state index in [-0.39, 0.29) is 23.7 Å². The molecule has 3 aromatic rings. The Morgan fingerprint density at radius 3 is 2.78 bits per heavy atom. The Kier molecular flexibility index (Phi) is 5.80. The van der Waals surface area contributed by atoms with Crippen LogP contribution in [0.1, 0.15) is 11.3 Å². The van der Waals surface area contributed by atoms with Crippen molar-refractivity contribution in [2.45, 2.75) is 12.8 Å². The van der Waals surface area contributed by atoms with Gasteiger partial charge >= 0.3 is 0 Å². The second-order valence-electron chi connectivity index (χ2n) is 5.90. The number of hydrogen-bond acceptors (Lipinski definition) is 4. The van der Waals surface area contributed by atoms with Gasteiger partial charge in [0.2, 0.25) is 5.91 Å². The highest BCUT2D eigenvalue weighted by Gasteiger charge is 2.14. The third kappa shape index (κ3) is 4.69. The van der Waals surface area contributed by atoms with Gasteiger partial charge in [-0.3, -0.25) is 4.79 Å². The number of carbonyl (C=O) groups is 1. The molecule has 2 aromatic carbocycles. The van der Waals surface area contributed by atoms with Crippen LogP contribution in [0.25, 0.3) is 11.3 Å². The van der Waals surface area contributed by atoms with Crippen molar-refractivity contribution < 1.29 is 22.8 Å². The molecule has 0 saturated heterocycles. The molecule has 1 N–H and O–H groups in total. The van der Waals surface area contributed by atoms with Crippen LogP contribution in [0.5, 0.6) is 5.75 Å². The summed E-state index contributed by atoms with van der Waals surface area (Å²) in [7, 11) is 1.60. The molecule has 140 valence electrons. The number of aromatic nitrogens is 1. The molecular formula is C20H18F2N2O3. The number of nitrogens with zero attached hydrogens (tertiary/aromatic N) is 1. The van der Waals surface area contributed by atoms with Gasteiger partial charge in [-0.15, -0.1) is 0 Å². The van der Waals surface area contributed by atoms with Gasteiger partial charge in [-0.2, -0.15) is 0 Å². The summed E-state index contributed by atoms with van der Waals surface area (Å²) < 4.78 is 37.1. The Labute approximate surface area is 154 Å². The monoisotopic (exact) mass is 372 g/mol. The van der Waals surface area contributed by atoms with Gasteiger partial charge in [0, 0.05) is 18.7 Å². The molecule has 1 aromatic heterocycles. The summed E-state index contributed by atoms with van der Waals surface area (Å²) in [6.45, 7) is 0.441. The van der Waals surface area contributed by atoms with Gasteiger partial charge in [-0.05, 0) is 30.2 Å². The van der Waals surface area contributed by atoms with Gasteiger partial charge in [0.25, 0.3) is 0 Å². The zero-order valence-electron chi connectivity index (χ0n) is 14.7. The van der Waals surface area contributed by atoms with Gasteiger partial charge in [0.15, 0.2) is 5.76 Å². The maximum Gasteiger partial charge on any atom is 0.226 e. The van der Waals surface area contributed by atoms with Crippen molar-refractivity contribution in [2.24, 2.45) is 0 Å². The molecule has 0 aliphatic heterocycles. The number of para-hydroxylation sites is 1. The summed E-state index contributed by atoms with van der Waals surface area (Å²) >= 11 is 0. The average Bonchev–Trinajstić information content (AvgIpc) is 3.10. The molecule has 0 aliphatic rings. The molecule has 3 rings (SSSR count). The molecule has 5 nitrogen and oxygen atoms in total. The van der Waals surface area contributed by atoms with Gasteiger partial charge in [-0.25, -0.2) is 8.78 Å². The standard InChI is InChI=1S/C20H18F2N2O3/c1-26-18-5-3-2-4-13(18)8-9-23-20(25)12-15-11-19(27-24-15)16-7-6-14(21)10-17(16)22/h2-7,10-11H,8-9,12H2,1H3,(H,23,25). The van der Waals surface area contributed by atoms with E-state index in [1.165, 1.54) is 12.1 Å². The minimum atomic E-state index is -0.751. The zero-order chi connectivity index (χ0) is 19.2. The highest BCUT2D eigenvalue weighted by atomic mass is 19.1. The van der Waals surface area contributed by atoms with Gasteiger partial charge < -0.3 is 14.6 Å². The Hall–Kier alpha value is -3.22. The molecule has 1 heterocycles. The first kappa shape index (κ1) is 18.6. The van der Waals surface area contributed by atoms with Gasteiger partial charge in [0.1, 0.15) is 17.4 Å². The van der Waals surface area contributed by atoms with Crippen molar-refractivity contribution in [1.82, 2.24) is 10.5 Å². The van der Waals surface area contributed by atoms with Crippen LogP contribution in [-0.4, -0.2) is 24.7 Å². The Morgan fingerprint density at radius 1 is 1.19 bits per heavy atom. The molecule has 7 heteroatoms. The van der Waals surface area contributed by atoms with Crippen LogP contribution in [0.15, 0.2) is 53.1 Å². The number of nitrogens with one attached hydrogen (secondary N) is 1. The van der Waals surface area contributed by atoms with E-state index in [4.69, 9.17) is 9.26 Å². The summed E-state index contributed by atoms with van der Waals surface area (Å²) in [4.78, 5) is 12.1. The van der Waals surface area contributed by atoms with Crippen molar-refractivity contribution in [3.05, 3.63) is 71.4 Å². The fourth-order valence-electron chi connectivity index (χ4n) is 2.68. The average molecular weight is 372 g/mol. The van der Waals surface area contributed by atoms with E-state index < -0.39 is 11.6 Å². The number of rotatable bonds is 7. The number of benzene rings is 2. The molecule has 0 spiro atoms. The van der Waals surface area contributed by atoms with Crippen LogP contribution in [0.4, 0.5) is 8.78 Å². The fraction of sp³-hybridized carbons (Fsp3) is 0.200. The Balaban J connectivity index is 1.55. The predicted octanol–water partition coefficient (Wildman–Crippen LogP) is 3.53. The first-order valence-corrected chi connectivity index (χ1v) is 8.36. The lowest BCUT2D eigenvalue weighted by atomic mass is 10.1. The molecule has 0 atom stereocenters. The normalized spacial score (nSPS) is 10.6. The molecule has 1 amide bonds. The Morgan fingerprint density at radius 2 is 2.00 bits per heavy atom. The molecule has 0 saturated carbocycles. The second-order valence-corrected chi connectivity index (χ2v) is 5.90. The number of ether oxygens (including phenoxy) is 1. The lowest BCUT2D eigenvalue weighted by Crippen LogP contribution is -2.27. The molecular weight excluding hydrogens is 354 g/mol.